The average molecular weight is 420 g/mol. The van der Waals surface area contributed by atoms with Gasteiger partial charge in [0.15, 0.2) is 4.77 Å². The number of benzene rings is 1. The molecule has 1 N–H and O–H groups in total. The lowest BCUT2D eigenvalue weighted by Gasteiger charge is -2.13. The molecule has 0 unspecified atom stereocenters. The maximum Gasteiger partial charge on any atom is 0.199 e. The molecule has 0 spiro atoms. The second-order valence-electron chi connectivity index (χ2n) is 7.60. The van der Waals surface area contributed by atoms with Gasteiger partial charge in [-0.2, -0.15) is 5.10 Å². The second-order valence-corrected chi connectivity index (χ2v) is 7.99. The van der Waals surface area contributed by atoms with Crippen molar-refractivity contribution in [3.05, 3.63) is 28.8 Å². The third-order valence-corrected chi connectivity index (χ3v) is 5.65. The smallest absolute Gasteiger partial charge is 0.199 e. The summed E-state index contributed by atoms with van der Waals surface area (Å²) in [5.74, 6) is 2.46. The highest BCUT2D eigenvalue weighted by atomic mass is 32.1. The van der Waals surface area contributed by atoms with Gasteiger partial charge in [0.25, 0.3) is 0 Å². The van der Waals surface area contributed by atoms with E-state index >= 15 is 0 Å². The first-order valence-electron chi connectivity index (χ1n) is 11.1. The van der Waals surface area contributed by atoms with E-state index in [-0.39, 0.29) is 0 Å². The summed E-state index contributed by atoms with van der Waals surface area (Å²) < 4.78 is 13.4. The molecule has 0 amide bonds. The summed E-state index contributed by atoms with van der Waals surface area (Å²) in [7, 11) is 3.32. The van der Waals surface area contributed by atoms with Crippen LogP contribution in [0.4, 0.5) is 0 Å². The van der Waals surface area contributed by atoms with Gasteiger partial charge in [-0.25, -0.2) is 0 Å². The third-order valence-electron chi connectivity index (χ3n) is 5.37. The molecule has 6 heteroatoms. The lowest BCUT2D eigenvalue weighted by Crippen LogP contribution is -2.04. The van der Waals surface area contributed by atoms with Gasteiger partial charge < -0.3 is 9.47 Å². The van der Waals surface area contributed by atoms with E-state index in [2.05, 4.69) is 17.1 Å². The van der Waals surface area contributed by atoms with Crippen LogP contribution < -0.4 is 9.47 Å². The fourth-order valence-corrected chi connectivity index (χ4v) is 3.91. The minimum atomic E-state index is 0.578. The number of unbranched alkanes of at least 4 members (excludes halogenated alkanes) is 10. The topological polar surface area (TPSA) is 52.1 Å². The summed E-state index contributed by atoms with van der Waals surface area (Å²) in [6, 6.07) is 5.72. The molecule has 2 aromatic rings. The van der Waals surface area contributed by atoms with Crippen molar-refractivity contribution in [1.29, 1.82) is 0 Å². The Hall–Kier alpha value is -1.82. The Balaban J connectivity index is 1.80. The van der Waals surface area contributed by atoms with Gasteiger partial charge in [-0.15, -0.1) is 0 Å². The Kier molecular flexibility index (Phi) is 10.8. The molecule has 1 aromatic heterocycles. The summed E-state index contributed by atoms with van der Waals surface area (Å²) in [6.07, 6.45) is 15.5. The molecule has 0 saturated carbocycles. The molecule has 0 aliphatic rings. The maximum atomic E-state index is 5.53. The molecule has 0 atom stereocenters. The molecule has 1 aromatic carbocycles. The Bertz CT molecular complexity index is 770. The van der Waals surface area contributed by atoms with Gasteiger partial charge in [0, 0.05) is 12.5 Å². The fraction of sp³-hybridized carbons (Fsp3) is 0.652. The van der Waals surface area contributed by atoms with E-state index in [0.717, 1.165) is 35.9 Å². The molecule has 2 rings (SSSR count). The number of aromatic nitrogens is 3. The largest absolute Gasteiger partial charge is 0.497 e. The van der Waals surface area contributed by atoms with Crippen LogP contribution in [0.3, 0.4) is 0 Å². The standard InChI is InChI=1S/C23H37N3O2S/c1-4-5-6-7-8-9-10-11-12-13-14-15-22-24-25-23(29)26(22)20-18-19(27-2)16-17-21(20)28-3/h16-18H,4-15H2,1-3H3,(H,25,29). The summed E-state index contributed by atoms with van der Waals surface area (Å²) >= 11 is 5.48. The van der Waals surface area contributed by atoms with Crippen LogP contribution in [0.5, 0.6) is 11.5 Å². The first kappa shape index (κ1) is 23.5. The Morgan fingerprint density at radius 1 is 0.897 bits per heavy atom. The molecule has 5 nitrogen and oxygen atoms in total. The fourth-order valence-electron chi connectivity index (χ4n) is 3.66. The Morgan fingerprint density at radius 3 is 2.10 bits per heavy atom. The zero-order chi connectivity index (χ0) is 20.9. The van der Waals surface area contributed by atoms with Crippen LogP contribution in [0, 0.1) is 4.77 Å². The highest BCUT2D eigenvalue weighted by molar-refractivity contribution is 7.71. The lowest BCUT2D eigenvalue weighted by atomic mass is 10.1. The summed E-state index contributed by atoms with van der Waals surface area (Å²) in [5, 5.41) is 7.39. The normalized spacial score (nSPS) is 11.0. The van der Waals surface area contributed by atoms with Crippen LogP contribution in [-0.2, 0) is 6.42 Å². The first-order valence-corrected chi connectivity index (χ1v) is 11.5. The highest BCUT2D eigenvalue weighted by Crippen LogP contribution is 2.29. The number of nitrogens with one attached hydrogen (secondary N) is 1. The predicted molar refractivity (Wildman–Crippen MR) is 122 cm³/mol. The zero-order valence-electron chi connectivity index (χ0n) is 18.3. The Morgan fingerprint density at radius 2 is 1.52 bits per heavy atom. The zero-order valence-corrected chi connectivity index (χ0v) is 19.2. The monoisotopic (exact) mass is 419 g/mol. The van der Waals surface area contributed by atoms with Crippen LogP contribution in [-0.4, -0.2) is 29.0 Å². The van der Waals surface area contributed by atoms with Crippen molar-refractivity contribution < 1.29 is 9.47 Å². The van der Waals surface area contributed by atoms with E-state index in [1.54, 1.807) is 14.2 Å². The average Bonchev–Trinajstić information content (AvgIpc) is 3.11. The van der Waals surface area contributed by atoms with Gasteiger partial charge in [0.05, 0.1) is 19.9 Å². The third kappa shape index (κ3) is 7.50. The number of aromatic amines is 1. The van der Waals surface area contributed by atoms with E-state index in [0.29, 0.717) is 4.77 Å². The van der Waals surface area contributed by atoms with E-state index in [9.17, 15) is 0 Å². The number of methoxy groups -OCH3 is 2. The SMILES string of the molecule is CCCCCCCCCCCCCc1n[nH]c(=S)n1-c1cc(OC)ccc1OC. The van der Waals surface area contributed by atoms with E-state index in [4.69, 9.17) is 21.7 Å². The number of nitrogens with zero attached hydrogens (tertiary/aromatic N) is 2. The molecule has 0 bridgehead atoms. The first-order chi connectivity index (χ1) is 14.2. The van der Waals surface area contributed by atoms with Crippen LogP contribution in [0.1, 0.15) is 83.4 Å². The van der Waals surface area contributed by atoms with Crippen molar-refractivity contribution in [3.63, 3.8) is 0 Å². The van der Waals surface area contributed by atoms with Crippen molar-refractivity contribution in [3.8, 4) is 17.2 Å². The van der Waals surface area contributed by atoms with Crippen LogP contribution >= 0.6 is 12.2 Å². The summed E-state index contributed by atoms with van der Waals surface area (Å²) in [6.45, 7) is 2.27. The molecule has 1 heterocycles. The minimum absolute atomic E-state index is 0.578. The van der Waals surface area contributed by atoms with Gasteiger partial charge in [-0.1, -0.05) is 71.1 Å². The lowest BCUT2D eigenvalue weighted by molar-refractivity contribution is 0.401. The van der Waals surface area contributed by atoms with Crippen molar-refractivity contribution >= 4 is 12.2 Å². The number of hydrogen-bond acceptors (Lipinski definition) is 4. The predicted octanol–water partition coefficient (Wildman–Crippen LogP) is 6.80. The summed E-state index contributed by atoms with van der Waals surface area (Å²) in [4.78, 5) is 0. The molecule has 0 fully saturated rings. The minimum Gasteiger partial charge on any atom is -0.497 e. The van der Waals surface area contributed by atoms with Crippen LogP contribution in [0.15, 0.2) is 18.2 Å². The van der Waals surface area contributed by atoms with Crippen LogP contribution in [0.25, 0.3) is 5.69 Å². The van der Waals surface area contributed by atoms with E-state index < -0.39 is 0 Å². The number of H-pyrrole nitrogens is 1. The van der Waals surface area contributed by atoms with E-state index in [1.165, 1.54) is 64.2 Å². The van der Waals surface area contributed by atoms with Crippen LogP contribution in [0.2, 0.25) is 0 Å². The van der Waals surface area contributed by atoms with Gasteiger partial charge in [-0.05, 0) is 30.8 Å². The molecule has 0 aliphatic heterocycles. The van der Waals surface area contributed by atoms with Gasteiger partial charge >= 0.3 is 0 Å². The number of rotatable bonds is 15. The van der Waals surface area contributed by atoms with Gasteiger partial charge in [0.2, 0.25) is 0 Å². The van der Waals surface area contributed by atoms with Crippen molar-refractivity contribution in [2.75, 3.05) is 14.2 Å². The van der Waals surface area contributed by atoms with Gasteiger partial charge in [0.1, 0.15) is 17.3 Å². The maximum absolute atomic E-state index is 5.53. The molecule has 0 saturated heterocycles. The molecule has 0 aliphatic carbocycles. The molecule has 162 valence electrons. The molecule has 29 heavy (non-hydrogen) atoms. The molecule has 0 radical (unpaired) electrons. The summed E-state index contributed by atoms with van der Waals surface area (Å²) in [5.41, 5.74) is 0.865. The Labute approximate surface area is 180 Å². The molecular formula is C23H37N3O2S. The molecular weight excluding hydrogens is 382 g/mol. The second kappa shape index (κ2) is 13.4. The van der Waals surface area contributed by atoms with Crippen molar-refractivity contribution in [2.45, 2.75) is 84.0 Å². The number of hydrogen-bond donors (Lipinski definition) is 1. The van der Waals surface area contributed by atoms with Crippen molar-refractivity contribution in [2.24, 2.45) is 0 Å². The quantitative estimate of drug-likeness (QED) is 0.255. The van der Waals surface area contributed by atoms with Crippen molar-refractivity contribution in [1.82, 2.24) is 14.8 Å². The van der Waals surface area contributed by atoms with Gasteiger partial charge in [-0.3, -0.25) is 9.67 Å². The highest BCUT2D eigenvalue weighted by Gasteiger charge is 2.14. The number of aryl methyl sites for hydroxylation is 1. The van der Waals surface area contributed by atoms with E-state index in [1.807, 2.05) is 22.8 Å². The number of ether oxygens (including phenoxy) is 2.